The molecule has 2 N–H and O–H groups in total. The minimum Gasteiger partial charge on any atom is -0.467 e. The maximum Gasteiger partial charge on any atom is 0.328 e. The second-order valence-corrected chi connectivity index (χ2v) is 9.83. The number of hydrogen-bond donors (Lipinski definition) is 1. The lowest BCUT2D eigenvalue weighted by molar-refractivity contribution is -0.152. The van der Waals surface area contributed by atoms with Crippen LogP contribution in [-0.4, -0.2) is 54.3 Å². The molecule has 1 aliphatic heterocycles. The molecule has 1 fully saturated rings. The summed E-state index contributed by atoms with van der Waals surface area (Å²) in [6.07, 6.45) is 1.61. The number of rotatable bonds is 5. The monoisotopic (exact) mass is 461 g/mol. The van der Waals surface area contributed by atoms with E-state index in [1.807, 2.05) is 51.1 Å². The number of amides is 1. The Balaban J connectivity index is 1.62. The third kappa shape index (κ3) is 4.23. The normalized spacial score (nSPS) is 21.1. The van der Waals surface area contributed by atoms with Gasteiger partial charge in [0.2, 0.25) is 5.91 Å². The Hall–Kier alpha value is -3.45. The molecule has 0 saturated carbocycles. The molecule has 7 nitrogen and oxygen atoms in total. The van der Waals surface area contributed by atoms with Gasteiger partial charge < -0.3 is 20.2 Å². The van der Waals surface area contributed by atoms with Gasteiger partial charge in [0.05, 0.1) is 19.7 Å². The van der Waals surface area contributed by atoms with Crippen LogP contribution in [0.4, 0.5) is 0 Å². The molecule has 0 radical (unpaired) electrons. The zero-order valence-electron chi connectivity index (χ0n) is 20.1. The van der Waals surface area contributed by atoms with Gasteiger partial charge in [-0.3, -0.25) is 4.79 Å². The van der Waals surface area contributed by atoms with Crippen molar-refractivity contribution in [2.75, 3.05) is 13.7 Å². The van der Waals surface area contributed by atoms with Gasteiger partial charge in [0.15, 0.2) is 0 Å². The molecule has 1 saturated heterocycles. The van der Waals surface area contributed by atoms with E-state index in [0.29, 0.717) is 0 Å². The highest BCUT2D eigenvalue weighted by molar-refractivity contribution is 6.24. The average Bonchev–Trinajstić information content (AvgIpc) is 3.39. The standard InChI is InChI=1S/C27H31N3O4/c1-6-16-11-12-19-18-9-7-8-10-20(18)23(21(19)13-16)29-34-17-14-22(26(32)33-5)30(15-17)25(31)24(28)27(2,3)4/h6-13,17,22,24H,1,14-15,28H2,2-5H3/b29-23-/t17-,22+,24-/m1/s1. The van der Waals surface area contributed by atoms with Crippen LogP contribution in [0.25, 0.3) is 17.2 Å². The fourth-order valence-electron chi connectivity index (χ4n) is 4.44. The molecule has 0 spiro atoms. The molecule has 0 bridgehead atoms. The van der Waals surface area contributed by atoms with E-state index in [-0.39, 0.29) is 18.9 Å². The Kier molecular flexibility index (Phi) is 6.32. The van der Waals surface area contributed by atoms with Crippen LogP contribution in [0.1, 0.15) is 43.9 Å². The minimum absolute atomic E-state index is 0.209. The van der Waals surface area contributed by atoms with Crippen molar-refractivity contribution in [3.8, 4) is 11.1 Å². The number of likely N-dealkylation sites (tertiary alicyclic amines) is 1. The zero-order chi connectivity index (χ0) is 24.6. The molecule has 0 unspecified atom stereocenters. The number of methoxy groups -OCH3 is 1. The number of carbonyl (C=O) groups excluding carboxylic acids is 2. The second-order valence-electron chi connectivity index (χ2n) is 9.83. The van der Waals surface area contributed by atoms with E-state index >= 15 is 0 Å². The third-order valence-corrected chi connectivity index (χ3v) is 6.52. The smallest absolute Gasteiger partial charge is 0.328 e. The van der Waals surface area contributed by atoms with E-state index in [9.17, 15) is 9.59 Å². The van der Waals surface area contributed by atoms with Crippen molar-refractivity contribution in [3.63, 3.8) is 0 Å². The summed E-state index contributed by atoms with van der Waals surface area (Å²) in [7, 11) is 1.31. The van der Waals surface area contributed by atoms with Crippen LogP contribution >= 0.6 is 0 Å². The minimum atomic E-state index is -0.758. The molecule has 178 valence electrons. The molecule has 34 heavy (non-hydrogen) atoms. The van der Waals surface area contributed by atoms with Gasteiger partial charge in [0.25, 0.3) is 0 Å². The lowest BCUT2D eigenvalue weighted by Crippen LogP contribution is -2.53. The summed E-state index contributed by atoms with van der Waals surface area (Å²) < 4.78 is 4.95. The zero-order valence-corrected chi connectivity index (χ0v) is 20.1. The number of esters is 1. The summed E-state index contributed by atoms with van der Waals surface area (Å²) in [4.78, 5) is 33.0. The Morgan fingerprint density at radius 2 is 1.82 bits per heavy atom. The summed E-state index contributed by atoms with van der Waals surface area (Å²) in [6.45, 7) is 9.76. The van der Waals surface area contributed by atoms with Crippen molar-refractivity contribution >= 4 is 23.7 Å². The average molecular weight is 462 g/mol. The molecule has 1 amide bonds. The van der Waals surface area contributed by atoms with Gasteiger partial charge in [-0.05, 0) is 28.2 Å². The highest BCUT2D eigenvalue weighted by Gasteiger charge is 2.45. The van der Waals surface area contributed by atoms with E-state index in [1.165, 1.54) is 12.0 Å². The van der Waals surface area contributed by atoms with Gasteiger partial charge in [0, 0.05) is 17.5 Å². The Bertz CT molecular complexity index is 1160. The van der Waals surface area contributed by atoms with Gasteiger partial charge in [-0.2, -0.15) is 0 Å². The van der Waals surface area contributed by atoms with E-state index in [4.69, 9.17) is 15.3 Å². The summed E-state index contributed by atoms with van der Waals surface area (Å²) in [5.74, 6) is -0.783. The maximum absolute atomic E-state index is 13.1. The molecule has 2 aromatic carbocycles. The van der Waals surface area contributed by atoms with Crippen LogP contribution < -0.4 is 5.73 Å². The largest absolute Gasteiger partial charge is 0.467 e. The predicted molar refractivity (Wildman–Crippen MR) is 132 cm³/mol. The number of nitrogens with two attached hydrogens (primary N) is 1. The van der Waals surface area contributed by atoms with Gasteiger partial charge in [-0.15, -0.1) is 0 Å². The van der Waals surface area contributed by atoms with Crippen molar-refractivity contribution in [3.05, 3.63) is 65.7 Å². The highest BCUT2D eigenvalue weighted by Crippen LogP contribution is 2.38. The molecule has 4 rings (SSSR count). The van der Waals surface area contributed by atoms with Crippen molar-refractivity contribution in [1.29, 1.82) is 0 Å². The number of fused-ring (bicyclic) bond motifs is 3. The van der Waals surface area contributed by atoms with E-state index in [2.05, 4.69) is 23.9 Å². The van der Waals surface area contributed by atoms with Crippen LogP contribution in [0.5, 0.6) is 0 Å². The van der Waals surface area contributed by atoms with Crippen molar-refractivity contribution in [2.24, 2.45) is 16.3 Å². The number of carbonyl (C=O) groups is 2. The maximum atomic E-state index is 13.1. The van der Waals surface area contributed by atoms with Crippen LogP contribution in [0.3, 0.4) is 0 Å². The van der Waals surface area contributed by atoms with Crippen LogP contribution in [0, 0.1) is 5.41 Å². The Labute approximate surface area is 200 Å². The summed E-state index contributed by atoms with van der Waals surface area (Å²) in [5, 5.41) is 4.53. The molecule has 3 atom stereocenters. The molecule has 0 aromatic heterocycles. The molecular weight excluding hydrogens is 430 g/mol. The van der Waals surface area contributed by atoms with E-state index in [0.717, 1.165) is 33.5 Å². The van der Waals surface area contributed by atoms with E-state index in [1.54, 1.807) is 6.08 Å². The molecule has 1 aliphatic carbocycles. The number of ether oxygens (including phenoxy) is 1. The fourth-order valence-corrected chi connectivity index (χ4v) is 4.44. The van der Waals surface area contributed by atoms with Crippen molar-refractivity contribution in [2.45, 2.75) is 45.4 Å². The number of benzene rings is 2. The first-order valence-corrected chi connectivity index (χ1v) is 11.4. The lowest BCUT2D eigenvalue weighted by atomic mass is 9.86. The van der Waals surface area contributed by atoms with Crippen LogP contribution in [0.2, 0.25) is 0 Å². The van der Waals surface area contributed by atoms with Gasteiger partial charge in [0.1, 0.15) is 17.9 Å². The van der Waals surface area contributed by atoms with Gasteiger partial charge >= 0.3 is 5.97 Å². The first-order valence-electron chi connectivity index (χ1n) is 11.4. The van der Waals surface area contributed by atoms with Gasteiger partial charge in [-0.25, -0.2) is 4.79 Å². The van der Waals surface area contributed by atoms with Crippen LogP contribution in [-0.2, 0) is 19.2 Å². The first-order chi connectivity index (χ1) is 16.2. The fraction of sp³-hybridized carbons (Fsp3) is 0.370. The Morgan fingerprint density at radius 1 is 1.15 bits per heavy atom. The van der Waals surface area contributed by atoms with Crippen molar-refractivity contribution < 1.29 is 19.2 Å². The number of nitrogens with zero attached hydrogens (tertiary/aromatic N) is 2. The second kappa shape index (κ2) is 9.06. The summed E-state index contributed by atoms with van der Waals surface area (Å²) in [6, 6.07) is 12.6. The number of oxime groups is 1. The summed E-state index contributed by atoms with van der Waals surface area (Å²) >= 11 is 0. The lowest BCUT2D eigenvalue weighted by Gasteiger charge is -2.31. The quantitative estimate of drug-likeness (QED) is 0.463. The molecule has 2 aliphatic rings. The van der Waals surface area contributed by atoms with E-state index < -0.39 is 29.6 Å². The molecule has 1 heterocycles. The van der Waals surface area contributed by atoms with Crippen LogP contribution in [0.15, 0.2) is 54.2 Å². The molecule has 2 aromatic rings. The topological polar surface area (TPSA) is 94.2 Å². The summed E-state index contributed by atoms with van der Waals surface area (Å²) in [5.41, 5.74) is 11.6. The first kappa shape index (κ1) is 23.7. The van der Waals surface area contributed by atoms with Crippen molar-refractivity contribution in [1.82, 2.24) is 4.90 Å². The molecule has 7 heteroatoms. The predicted octanol–water partition coefficient (Wildman–Crippen LogP) is 3.59. The Morgan fingerprint density at radius 3 is 2.47 bits per heavy atom. The SMILES string of the molecule is C=Cc1ccc2c(c1)/C(=N\O[C@@H]1C[C@@H](C(=O)OC)N(C(=O)[C@@H](N)C(C)(C)C)C1)c1ccccc1-2. The third-order valence-electron chi connectivity index (χ3n) is 6.52. The van der Waals surface area contributed by atoms with Gasteiger partial charge in [-0.1, -0.05) is 75.0 Å². The molecular formula is C27H31N3O4. The highest BCUT2D eigenvalue weighted by atomic mass is 16.6. The number of hydrogen-bond acceptors (Lipinski definition) is 6.